The molecule has 5 nitrogen and oxygen atoms in total. The molecule has 0 atom stereocenters. The molecule has 0 saturated carbocycles. The molecule has 2 heterocycles. The van der Waals surface area contributed by atoms with E-state index in [-0.39, 0.29) is 5.15 Å². The fraction of sp³-hybridized carbons (Fsp3) is 0. The Morgan fingerprint density at radius 3 is 3.18 bits per heavy atom. The van der Waals surface area contributed by atoms with Crippen LogP contribution in [0.15, 0.2) is 18.5 Å². The number of hydrogen-bond acceptors (Lipinski definition) is 3. The van der Waals surface area contributed by atoms with Crippen molar-refractivity contribution >= 4 is 17.2 Å². The minimum absolute atomic E-state index is 0.264. The molecule has 0 unspecified atom stereocenters. The van der Waals surface area contributed by atoms with Gasteiger partial charge in [-0.2, -0.15) is 4.85 Å². The lowest BCUT2D eigenvalue weighted by atomic mass is 10.6. The topological polar surface area (TPSA) is 57.1 Å². The summed E-state index contributed by atoms with van der Waals surface area (Å²) in [5.41, 5.74) is 0.476. The highest BCUT2D eigenvalue weighted by Gasteiger charge is 2.04. The number of nitrogens with zero attached hydrogens (tertiary/aromatic N) is 4. The molecular weight excluding hydrogens is 168 g/mol. The van der Waals surface area contributed by atoms with Gasteiger partial charge in [0.15, 0.2) is 0 Å². The van der Waals surface area contributed by atoms with Gasteiger partial charge in [0.2, 0.25) is 11.5 Å². The number of hydrogen-bond donors (Lipinski definition) is 0. The van der Waals surface area contributed by atoms with Gasteiger partial charge in [-0.1, -0.05) is 4.98 Å². The number of aromatic nitrogens is 4. The fourth-order valence-corrected chi connectivity index (χ4v) is 0.917. The van der Waals surface area contributed by atoms with Crippen LogP contribution < -0.4 is 4.85 Å². The normalized spacial score (nSPS) is 10.6. The molecule has 2 aromatic rings. The lowest BCUT2D eigenvalue weighted by molar-refractivity contribution is -0.684. The molecule has 0 N–H and O–H groups in total. The SMILES string of the molecule is [O-][n+]1cnc2ccc(Cl)nn21. The van der Waals surface area contributed by atoms with Crippen molar-refractivity contribution in [3.05, 3.63) is 28.8 Å². The van der Waals surface area contributed by atoms with Crippen molar-refractivity contribution in [1.82, 2.24) is 14.7 Å². The summed E-state index contributed by atoms with van der Waals surface area (Å²) in [7, 11) is 0. The third-order valence-electron chi connectivity index (χ3n) is 1.24. The Morgan fingerprint density at radius 1 is 1.55 bits per heavy atom. The number of halogens is 1. The van der Waals surface area contributed by atoms with E-state index < -0.39 is 0 Å². The highest BCUT2D eigenvalue weighted by atomic mass is 35.5. The van der Waals surface area contributed by atoms with Gasteiger partial charge >= 0.3 is 0 Å². The Kier molecular flexibility index (Phi) is 1.19. The molecular formula is C5H3ClN4O. The molecule has 0 amide bonds. The van der Waals surface area contributed by atoms with E-state index in [4.69, 9.17) is 11.6 Å². The summed E-state index contributed by atoms with van der Waals surface area (Å²) in [6.45, 7) is 0. The third-order valence-corrected chi connectivity index (χ3v) is 1.44. The minimum Gasteiger partial charge on any atom is -0.723 e. The van der Waals surface area contributed by atoms with Gasteiger partial charge < -0.3 is 5.21 Å². The summed E-state index contributed by atoms with van der Waals surface area (Å²) in [6.07, 6.45) is 1.12. The average Bonchev–Trinajstić information content (AvgIpc) is 2.33. The van der Waals surface area contributed by atoms with Crippen LogP contribution in [-0.2, 0) is 0 Å². The average molecular weight is 171 g/mol. The zero-order chi connectivity index (χ0) is 7.84. The third kappa shape index (κ3) is 0.894. The molecule has 0 aliphatic carbocycles. The molecule has 0 spiro atoms. The van der Waals surface area contributed by atoms with E-state index in [1.54, 1.807) is 12.1 Å². The molecule has 0 bridgehead atoms. The van der Waals surface area contributed by atoms with Crippen molar-refractivity contribution in [2.45, 2.75) is 0 Å². The van der Waals surface area contributed by atoms with E-state index in [0.717, 1.165) is 11.0 Å². The summed E-state index contributed by atoms with van der Waals surface area (Å²) >= 11 is 5.54. The summed E-state index contributed by atoms with van der Waals surface area (Å²) in [5, 5.41) is 14.8. The van der Waals surface area contributed by atoms with Gasteiger partial charge in [-0.3, -0.25) is 0 Å². The smallest absolute Gasteiger partial charge is 0.274 e. The highest BCUT2D eigenvalue weighted by Crippen LogP contribution is 2.02. The Morgan fingerprint density at radius 2 is 2.36 bits per heavy atom. The molecule has 0 saturated heterocycles. The van der Waals surface area contributed by atoms with E-state index >= 15 is 0 Å². The largest absolute Gasteiger partial charge is 0.723 e. The van der Waals surface area contributed by atoms with Gasteiger partial charge in [0, 0.05) is 12.1 Å². The predicted octanol–water partition coefficient (Wildman–Crippen LogP) is 0.0161. The second-order valence-electron chi connectivity index (χ2n) is 1.95. The first-order chi connectivity index (χ1) is 5.27. The van der Waals surface area contributed by atoms with E-state index in [2.05, 4.69) is 10.1 Å². The maximum Gasteiger partial charge on any atom is 0.274 e. The maximum atomic E-state index is 10.8. The van der Waals surface area contributed by atoms with Crippen LogP contribution in [0.4, 0.5) is 0 Å². The van der Waals surface area contributed by atoms with E-state index in [1.165, 1.54) is 0 Å². The van der Waals surface area contributed by atoms with E-state index in [0.29, 0.717) is 10.5 Å². The van der Waals surface area contributed by atoms with Crippen molar-refractivity contribution < 1.29 is 4.85 Å². The predicted molar refractivity (Wildman–Crippen MR) is 37.0 cm³/mol. The molecule has 2 aromatic heterocycles. The molecule has 0 aliphatic rings. The standard InChI is InChI=1S/C5H3ClN4O/c6-4-1-2-5-7-3-9(11)10(5)8-4/h1-3H. The number of fused-ring (bicyclic) bond motifs is 1. The van der Waals surface area contributed by atoms with Gasteiger partial charge in [0.25, 0.3) is 5.65 Å². The van der Waals surface area contributed by atoms with E-state index in [9.17, 15) is 5.21 Å². The molecule has 6 heteroatoms. The van der Waals surface area contributed by atoms with Crippen LogP contribution in [-0.4, -0.2) is 14.7 Å². The Balaban J connectivity index is 2.87. The minimum atomic E-state index is 0.264. The maximum absolute atomic E-state index is 10.8. The summed E-state index contributed by atoms with van der Waals surface area (Å²) in [6, 6.07) is 3.19. The van der Waals surface area contributed by atoms with Gasteiger partial charge in [-0.15, -0.1) is 0 Å². The first-order valence-corrected chi connectivity index (χ1v) is 3.25. The molecule has 0 fully saturated rings. The van der Waals surface area contributed by atoms with Crippen LogP contribution in [0.3, 0.4) is 0 Å². The molecule has 56 valence electrons. The number of rotatable bonds is 0. The quantitative estimate of drug-likeness (QED) is 0.414. The van der Waals surface area contributed by atoms with Crippen molar-refractivity contribution in [3.8, 4) is 0 Å². The second-order valence-corrected chi connectivity index (χ2v) is 2.34. The zero-order valence-corrected chi connectivity index (χ0v) is 6.06. The zero-order valence-electron chi connectivity index (χ0n) is 5.31. The Hall–Kier alpha value is -1.36. The van der Waals surface area contributed by atoms with Gasteiger partial charge in [0.1, 0.15) is 0 Å². The monoisotopic (exact) mass is 170 g/mol. The van der Waals surface area contributed by atoms with Gasteiger partial charge in [-0.25, -0.2) is 0 Å². The van der Waals surface area contributed by atoms with E-state index in [1.807, 2.05) is 0 Å². The highest BCUT2D eigenvalue weighted by molar-refractivity contribution is 6.29. The van der Waals surface area contributed by atoms with Crippen molar-refractivity contribution in [1.29, 1.82) is 0 Å². The Bertz CT molecular complexity index is 398. The van der Waals surface area contributed by atoms with Crippen LogP contribution in [0.1, 0.15) is 0 Å². The summed E-state index contributed by atoms with van der Waals surface area (Å²) in [5.74, 6) is 0. The van der Waals surface area contributed by atoms with Crippen LogP contribution in [0.25, 0.3) is 5.65 Å². The molecule has 2 rings (SSSR count). The summed E-state index contributed by atoms with van der Waals surface area (Å²) in [4.78, 5) is 4.25. The summed E-state index contributed by atoms with van der Waals surface area (Å²) < 4.78 is 1.07. The van der Waals surface area contributed by atoms with Crippen molar-refractivity contribution in [2.75, 3.05) is 0 Å². The molecule has 0 radical (unpaired) electrons. The lowest BCUT2D eigenvalue weighted by Gasteiger charge is -1.95. The first kappa shape index (κ1) is 6.36. The Labute approximate surface area is 66.4 Å². The van der Waals surface area contributed by atoms with Crippen molar-refractivity contribution in [3.63, 3.8) is 0 Å². The van der Waals surface area contributed by atoms with Crippen LogP contribution in [0.2, 0.25) is 5.15 Å². The second kappa shape index (κ2) is 2.06. The van der Waals surface area contributed by atoms with Crippen LogP contribution in [0.5, 0.6) is 0 Å². The molecule has 11 heavy (non-hydrogen) atoms. The molecule has 0 aromatic carbocycles. The van der Waals surface area contributed by atoms with Crippen LogP contribution >= 0.6 is 11.6 Å². The first-order valence-electron chi connectivity index (χ1n) is 2.87. The van der Waals surface area contributed by atoms with Crippen LogP contribution in [0, 0.1) is 5.21 Å². The lowest BCUT2D eigenvalue weighted by Crippen LogP contribution is -2.33. The fourth-order valence-electron chi connectivity index (χ4n) is 0.782. The molecule has 0 aliphatic heterocycles. The van der Waals surface area contributed by atoms with Gasteiger partial charge in [-0.05, 0) is 21.3 Å². The van der Waals surface area contributed by atoms with Gasteiger partial charge in [0.05, 0.1) is 0 Å². The van der Waals surface area contributed by atoms with Crippen molar-refractivity contribution in [2.24, 2.45) is 0 Å².